The summed E-state index contributed by atoms with van der Waals surface area (Å²) in [5.74, 6) is 0.141. The van der Waals surface area contributed by atoms with E-state index in [1.807, 2.05) is 38.1 Å². The van der Waals surface area contributed by atoms with Crippen LogP contribution in [-0.2, 0) is 9.59 Å². The molecule has 0 unspecified atom stereocenters. The normalized spacial score (nSPS) is 10.0. The van der Waals surface area contributed by atoms with Crippen LogP contribution in [0.25, 0.3) is 0 Å². The van der Waals surface area contributed by atoms with E-state index >= 15 is 0 Å². The Hall–Kier alpha value is -2.82. The van der Waals surface area contributed by atoms with E-state index in [1.165, 1.54) is 0 Å². The van der Waals surface area contributed by atoms with Crippen molar-refractivity contribution in [3.63, 3.8) is 0 Å². The average Bonchev–Trinajstić information content (AvgIpc) is 2.54. The lowest BCUT2D eigenvalue weighted by Crippen LogP contribution is -2.35. The van der Waals surface area contributed by atoms with E-state index in [0.29, 0.717) is 11.5 Å². The molecule has 0 spiro atoms. The van der Waals surface area contributed by atoms with Gasteiger partial charge in [-0.1, -0.05) is 35.4 Å². The summed E-state index contributed by atoms with van der Waals surface area (Å²) in [6, 6.07) is 14.5. The molecule has 0 radical (unpaired) electrons. The molecule has 0 aliphatic heterocycles. The van der Waals surface area contributed by atoms with E-state index in [4.69, 9.17) is 9.47 Å². The number of rotatable bonds is 6. The van der Waals surface area contributed by atoms with Crippen molar-refractivity contribution in [1.82, 2.24) is 5.32 Å². The van der Waals surface area contributed by atoms with Crippen LogP contribution in [0.4, 0.5) is 0 Å². The minimum absolute atomic E-state index is 0.152. The molecule has 0 aromatic heterocycles. The van der Waals surface area contributed by atoms with E-state index in [2.05, 4.69) is 5.32 Å². The fraction of sp³-hybridized carbons (Fsp3) is 0.222. The van der Waals surface area contributed by atoms with E-state index in [1.54, 1.807) is 24.3 Å². The van der Waals surface area contributed by atoms with Crippen LogP contribution in [0.2, 0.25) is 0 Å². The zero-order valence-corrected chi connectivity index (χ0v) is 13.2. The first-order chi connectivity index (χ1) is 11.0. The Morgan fingerprint density at radius 2 is 1.39 bits per heavy atom. The lowest BCUT2D eigenvalue weighted by atomic mass is 10.2. The van der Waals surface area contributed by atoms with Gasteiger partial charge in [0.1, 0.15) is 18.0 Å². The van der Waals surface area contributed by atoms with Gasteiger partial charge in [0.2, 0.25) is 0 Å². The quantitative estimate of drug-likeness (QED) is 0.657. The molecular weight excluding hydrogens is 294 g/mol. The SMILES string of the molecule is Cc1ccc(OCC(=O)NCC(=O)Oc2ccc(C)cc2)cc1. The number of nitrogens with one attached hydrogen (secondary N) is 1. The van der Waals surface area contributed by atoms with Gasteiger partial charge in [-0.05, 0) is 38.1 Å². The molecule has 23 heavy (non-hydrogen) atoms. The lowest BCUT2D eigenvalue weighted by Gasteiger charge is -2.08. The number of aryl methyl sites for hydroxylation is 2. The third kappa shape index (κ3) is 5.82. The van der Waals surface area contributed by atoms with Gasteiger partial charge in [-0.2, -0.15) is 0 Å². The zero-order valence-electron chi connectivity index (χ0n) is 13.2. The first kappa shape index (κ1) is 16.5. The number of carbonyl (C=O) groups is 2. The van der Waals surface area contributed by atoms with Gasteiger partial charge in [-0.15, -0.1) is 0 Å². The van der Waals surface area contributed by atoms with E-state index in [-0.39, 0.29) is 19.1 Å². The first-order valence-electron chi connectivity index (χ1n) is 7.26. The number of hydrogen-bond acceptors (Lipinski definition) is 4. The van der Waals surface area contributed by atoms with E-state index in [9.17, 15) is 9.59 Å². The largest absolute Gasteiger partial charge is 0.484 e. The smallest absolute Gasteiger partial charge is 0.330 e. The summed E-state index contributed by atoms with van der Waals surface area (Å²) in [6.45, 7) is 3.56. The second-order valence-electron chi connectivity index (χ2n) is 5.17. The predicted molar refractivity (Wildman–Crippen MR) is 86.5 cm³/mol. The zero-order chi connectivity index (χ0) is 16.7. The molecule has 2 aromatic carbocycles. The first-order valence-corrected chi connectivity index (χ1v) is 7.26. The monoisotopic (exact) mass is 313 g/mol. The third-order valence-electron chi connectivity index (χ3n) is 3.07. The molecule has 0 atom stereocenters. The minimum Gasteiger partial charge on any atom is -0.484 e. The van der Waals surface area contributed by atoms with Crippen molar-refractivity contribution in [3.8, 4) is 11.5 Å². The second-order valence-corrected chi connectivity index (χ2v) is 5.17. The maximum absolute atomic E-state index is 11.6. The number of hydrogen-bond donors (Lipinski definition) is 1. The van der Waals surface area contributed by atoms with Crippen molar-refractivity contribution in [1.29, 1.82) is 0 Å². The topological polar surface area (TPSA) is 64.6 Å². The van der Waals surface area contributed by atoms with E-state index in [0.717, 1.165) is 11.1 Å². The molecule has 0 saturated carbocycles. The number of ether oxygens (including phenoxy) is 2. The number of benzene rings is 2. The molecule has 5 heteroatoms. The molecule has 2 rings (SSSR count). The Morgan fingerprint density at radius 3 is 1.96 bits per heavy atom. The predicted octanol–water partition coefficient (Wildman–Crippen LogP) is 2.40. The van der Waals surface area contributed by atoms with Crippen LogP contribution in [0.1, 0.15) is 11.1 Å². The van der Waals surface area contributed by atoms with Gasteiger partial charge in [0.25, 0.3) is 5.91 Å². The summed E-state index contributed by atoms with van der Waals surface area (Å²) in [5, 5.41) is 2.46. The molecule has 0 bridgehead atoms. The van der Waals surface area contributed by atoms with Gasteiger partial charge in [-0.25, -0.2) is 4.79 Å². The molecule has 0 saturated heterocycles. The standard InChI is InChI=1S/C18H19NO4/c1-13-3-7-15(8-4-13)22-12-17(20)19-11-18(21)23-16-9-5-14(2)6-10-16/h3-10H,11-12H2,1-2H3,(H,19,20). The Balaban J connectivity index is 1.70. The van der Waals surface area contributed by atoms with Crippen molar-refractivity contribution < 1.29 is 19.1 Å². The van der Waals surface area contributed by atoms with Crippen LogP contribution in [0.15, 0.2) is 48.5 Å². The van der Waals surface area contributed by atoms with Crippen LogP contribution in [0.5, 0.6) is 11.5 Å². The highest BCUT2D eigenvalue weighted by Gasteiger charge is 2.08. The number of amides is 1. The Labute approximate surface area is 135 Å². The fourth-order valence-electron chi connectivity index (χ4n) is 1.78. The Kier molecular flexibility index (Phi) is 5.74. The highest BCUT2D eigenvalue weighted by Crippen LogP contribution is 2.12. The van der Waals surface area contributed by atoms with Crippen LogP contribution in [0.3, 0.4) is 0 Å². The van der Waals surface area contributed by atoms with Crippen LogP contribution < -0.4 is 14.8 Å². The molecule has 120 valence electrons. The summed E-state index contributed by atoms with van der Waals surface area (Å²) < 4.78 is 10.4. The average molecular weight is 313 g/mol. The highest BCUT2D eigenvalue weighted by atomic mass is 16.5. The van der Waals surface area contributed by atoms with Gasteiger partial charge < -0.3 is 14.8 Å². The summed E-state index contributed by atoms with van der Waals surface area (Å²) in [5.41, 5.74) is 2.19. The maximum Gasteiger partial charge on any atom is 0.330 e. The van der Waals surface area contributed by atoms with Gasteiger partial charge in [0.05, 0.1) is 0 Å². The molecule has 1 N–H and O–H groups in total. The third-order valence-corrected chi connectivity index (χ3v) is 3.07. The lowest BCUT2D eigenvalue weighted by molar-refractivity contribution is -0.135. The molecule has 2 aromatic rings. The van der Waals surface area contributed by atoms with Crippen LogP contribution in [-0.4, -0.2) is 25.0 Å². The van der Waals surface area contributed by atoms with Crippen molar-refractivity contribution >= 4 is 11.9 Å². The Morgan fingerprint density at radius 1 is 0.870 bits per heavy atom. The second kappa shape index (κ2) is 7.98. The summed E-state index contributed by atoms with van der Waals surface area (Å²) in [6.07, 6.45) is 0. The van der Waals surface area contributed by atoms with Gasteiger partial charge in [-0.3, -0.25) is 4.79 Å². The van der Waals surface area contributed by atoms with Crippen LogP contribution in [0, 0.1) is 13.8 Å². The molecule has 0 aliphatic carbocycles. The maximum atomic E-state index is 11.6. The van der Waals surface area contributed by atoms with Gasteiger partial charge >= 0.3 is 5.97 Å². The Bertz CT molecular complexity index is 662. The van der Waals surface area contributed by atoms with Gasteiger partial charge in [0.15, 0.2) is 6.61 Å². The molecule has 0 fully saturated rings. The summed E-state index contributed by atoms with van der Waals surface area (Å²) >= 11 is 0. The van der Waals surface area contributed by atoms with E-state index < -0.39 is 5.97 Å². The number of esters is 1. The summed E-state index contributed by atoms with van der Waals surface area (Å²) in [4.78, 5) is 23.3. The fourth-order valence-corrected chi connectivity index (χ4v) is 1.78. The summed E-state index contributed by atoms with van der Waals surface area (Å²) in [7, 11) is 0. The molecule has 0 heterocycles. The van der Waals surface area contributed by atoms with Crippen molar-refractivity contribution in [2.45, 2.75) is 13.8 Å². The minimum atomic E-state index is -0.530. The molecular formula is C18H19NO4. The van der Waals surface area contributed by atoms with Crippen LogP contribution >= 0.6 is 0 Å². The molecule has 0 aliphatic rings. The van der Waals surface area contributed by atoms with Crippen molar-refractivity contribution in [2.24, 2.45) is 0 Å². The highest BCUT2D eigenvalue weighted by molar-refractivity contribution is 5.83. The van der Waals surface area contributed by atoms with Gasteiger partial charge in [0, 0.05) is 0 Å². The molecule has 1 amide bonds. The number of carbonyl (C=O) groups excluding carboxylic acids is 2. The molecule has 5 nitrogen and oxygen atoms in total. The van der Waals surface area contributed by atoms with Crippen molar-refractivity contribution in [2.75, 3.05) is 13.2 Å². The van der Waals surface area contributed by atoms with Crippen molar-refractivity contribution in [3.05, 3.63) is 59.7 Å².